The van der Waals surface area contributed by atoms with E-state index < -0.39 is 0 Å². The Morgan fingerprint density at radius 1 is 1.12 bits per heavy atom. The van der Waals surface area contributed by atoms with Gasteiger partial charge in [0.25, 0.3) is 5.91 Å². The summed E-state index contributed by atoms with van der Waals surface area (Å²) in [5, 5.41) is 6.95. The third kappa shape index (κ3) is 6.89. The number of hydrogen-bond acceptors (Lipinski definition) is 9. The number of nitrogens with zero attached hydrogens (tertiary/aromatic N) is 4. The van der Waals surface area contributed by atoms with Crippen molar-refractivity contribution in [3.8, 4) is 5.88 Å². The van der Waals surface area contributed by atoms with Gasteiger partial charge in [-0.1, -0.05) is 12.1 Å². The van der Waals surface area contributed by atoms with Gasteiger partial charge in [-0.3, -0.25) is 15.1 Å². The number of hydrogen-bond donors (Lipinski definition) is 2. The minimum Gasteiger partial charge on any atom is -0.476 e. The Labute approximate surface area is 199 Å². The van der Waals surface area contributed by atoms with Gasteiger partial charge in [-0.15, -0.1) is 0 Å². The van der Waals surface area contributed by atoms with Gasteiger partial charge in [-0.05, 0) is 17.7 Å². The van der Waals surface area contributed by atoms with Crippen LogP contribution in [0.3, 0.4) is 0 Å². The van der Waals surface area contributed by atoms with Gasteiger partial charge in [0.15, 0.2) is 5.82 Å². The van der Waals surface area contributed by atoms with Crippen molar-refractivity contribution in [1.29, 1.82) is 0 Å². The first kappa shape index (κ1) is 23.9. The molecular formula is C24H32N6O4. The fraction of sp³-hybridized carbons (Fsp3) is 0.458. The molecule has 0 unspecified atom stereocenters. The average molecular weight is 469 g/mol. The van der Waals surface area contributed by atoms with Gasteiger partial charge in [-0.25, -0.2) is 0 Å². The molecule has 2 fully saturated rings. The third-order valence-electron chi connectivity index (χ3n) is 5.69. The van der Waals surface area contributed by atoms with E-state index in [0.717, 1.165) is 57.2 Å². The Morgan fingerprint density at radius 2 is 1.88 bits per heavy atom. The van der Waals surface area contributed by atoms with Crippen LogP contribution in [0.4, 0.5) is 11.5 Å². The van der Waals surface area contributed by atoms with E-state index >= 15 is 0 Å². The zero-order valence-corrected chi connectivity index (χ0v) is 19.5. The van der Waals surface area contributed by atoms with E-state index in [1.54, 1.807) is 25.4 Å². The quantitative estimate of drug-likeness (QED) is 0.421. The molecule has 0 radical (unpaired) electrons. The summed E-state index contributed by atoms with van der Waals surface area (Å²) in [6.07, 6.45) is 1.66. The second-order valence-corrected chi connectivity index (χ2v) is 8.03. The van der Waals surface area contributed by atoms with Gasteiger partial charge in [0, 0.05) is 63.2 Å². The number of aromatic nitrogens is 1. The summed E-state index contributed by atoms with van der Waals surface area (Å²) in [5.74, 6) is 1.00. The zero-order chi connectivity index (χ0) is 23.6. The Kier molecular flexibility index (Phi) is 8.66. The number of ether oxygens (including phenoxy) is 3. The number of nitrogens with one attached hydrogen (secondary N) is 2. The first-order valence-corrected chi connectivity index (χ1v) is 11.6. The zero-order valence-electron chi connectivity index (χ0n) is 19.5. The molecule has 1 aromatic carbocycles. The van der Waals surface area contributed by atoms with Crippen molar-refractivity contribution in [2.45, 2.75) is 0 Å². The van der Waals surface area contributed by atoms with Crippen molar-refractivity contribution in [2.24, 2.45) is 5.10 Å². The lowest BCUT2D eigenvalue weighted by Crippen LogP contribution is -2.38. The maximum atomic E-state index is 11.9. The second kappa shape index (κ2) is 12.3. The molecule has 1 amide bonds. The molecule has 0 bridgehead atoms. The highest BCUT2D eigenvalue weighted by Crippen LogP contribution is 2.25. The van der Waals surface area contributed by atoms with Crippen LogP contribution in [0.2, 0.25) is 0 Å². The monoisotopic (exact) mass is 468 g/mol. The number of anilines is 2. The van der Waals surface area contributed by atoms with E-state index in [0.29, 0.717) is 37.1 Å². The standard InChI is InChI=1S/C24H32N6O4/c1-25-24(31)20-4-2-3-19(15-20)18-26-28-22-16-21(30-8-12-33-13-9-30)17-23(27-22)34-14-7-29-5-10-32-11-6-29/h2-4,15-18H,5-14H2,1H3,(H,25,31)(H,27,28). The molecule has 0 spiro atoms. The van der Waals surface area contributed by atoms with Crippen molar-refractivity contribution < 1.29 is 19.0 Å². The van der Waals surface area contributed by atoms with Crippen LogP contribution in [0.1, 0.15) is 15.9 Å². The smallest absolute Gasteiger partial charge is 0.251 e. The fourth-order valence-corrected chi connectivity index (χ4v) is 3.81. The number of amides is 1. The average Bonchev–Trinajstić information content (AvgIpc) is 2.89. The number of morpholine rings is 2. The lowest BCUT2D eigenvalue weighted by molar-refractivity contribution is 0.0320. The summed E-state index contributed by atoms with van der Waals surface area (Å²) in [4.78, 5) is 21.0. The van der Waals surface area contributed by atoms with Gasteiger partial charge in [0.2, 0.25) is 5.88 Å². The summed E-state index contributed by atoms with van der Waals surface area (Å²) in [6.45, 7) is 7.77. The molecule has 0 atom stereocenters. The van der Waals surface area contributed by atoms with Crippen LogP contribution in [-0.4, -0.2) is 94.8 Å². The van der Waals surface area contributed by atoms with Crippen molar-refractivity contribution in [3.63, 3.8) is 0 Å². The summed E-state index contributed by atoms with van der Waals surface area (Å²) in [5.41, 5.74) is 5.41. The van der Waals surface area contributed by atoms with Crippen molar-refractivity contribution >= 4 is 23.6 Å². The molecule has 0 aliphatic carbocycles. The molecule has 2 saturated heterocycles. The van der Waals surface area contributed by atoms with E-state index in [2.05, 4.69) is 30.6 Å². The molecule has 0 saturated carbocycles. The molecule has 1 aromatic heterocycles. The van der Waals surface area contributed by atoms with Gasteiger partial charge in [0.05, 0.1) is 32.6 Å². The molecule has 182 valence electrons. The van der Waals surface area contributed by atoms with E-state index in [-0.39, 0.29) is 5.91 Å². The van der Waals surface area contributed by atoms with Crippen LogP contribution in [-0.2, 0) is 9.47 Å². The number of pyridine rings is 1. The predicted molar refractivity (Wildman–Crippen MR) is 131 cm³/mol. The molecule has 34 heavy (non-hydrogen) atoms. The van der Waals surface area contributed by atoms with E-state index in [1.807, 2.05) is 24.3 Å². The van der Waals surface area contributed by atoms with Gasteiger partial charge in [-0.2, -0.15) is 10.1 Å². The SMILES string of the molecule is CNC(=O)c1cccc(C=NNc2cc(N3CCOCC3)cc(OCCN3CCOCC3)n2)c1. The van der Waals surface area contributed by atoms with Crippen molar-refractivity contribution in [1.82, 2.24) is 15.2 Å². The molecule has 10 heteroatoms. The first-order chi connectivity index (χ1) is 16.7. The Morgan fingerprint density at radius 3 is 2.65 bits per heavy atom. The number of carbonyl (C=O) groups excluding carboxylic acids is 1. The molecule has 2 N–H and O–H groups in total. The first-order valence-electron chi connectivity index (χ1n) is 11.6. The largest absolute Gasteiger partial charge is 0.476 e. The predicted octanol–water partition coefficient (Wildman–Crippen LogP) is 1.43. The normalized spacial score (nSPS) is 17.0. The van der Waals surface area contributed by atoms with E-state index in [1.165, 1.54) is 0 Å². The molecule has 2 aliphatic rings. The minimum absolute atomic E-state index is 0.137. The number of carbonyl (C=O) groups is 1. The number of hydrazone groups is 1. The summed E-state index contributed by atoms with van der Waals surface area (Å²) >= 11 is 0. The van der Waals surface area contributed by atoms with Crippen LogP contribution in [0.15, 0.2) is 41.5 Å². The summed E-state index contributed by atoms with van der Waals surface area (Å²) in [6, 6.07) is 11.2. The van der Waals surface area contributed by atoms with Crippen LogP contribution in [0, 0.1) is 0 Å². The van der Waals surface area contributed by atoms with E-state index in [9.17, 15) is 4.79 Å². The van der Waals surface area contributed by atoms with Crippen LogP contribution >= 0.6 is 0 Å². The highest BCUT2D eigenvalue weighted by Gasteiger charge is 2.15. The van der Waals surface area contributed by atoms with Crippen LogP contribution < -0.4 is 20.4 Å². The Hall–Kier alpha value is -3.21. The fourth-order valence-electron chi connectivity index (χ4n) is 3.81. The minimum atomic E-state index is -0.137. The van der Waals surface area contributed by atoms with Gasteiger partial charge in [0.1, 0.15) is 6.61 Å². The van der Waals surface area contributed by atoms with Gasteiger partial charge < -0.3 is 24.4 Å². The van der Waals surface area contributed by atoms with E-state index in [4.69, 9.17) is 14.2 Å². The van der Waals surface area contributed by atoms with Crippen LogP contribution in [0.5, 0.6) is 5.88 Å². The Balaban J connectivity index is 1.43. The second-order valence-electron chi connectivity index (χ2n) is 8.03. The maximum Gasteiger partial charge on any atom is 0.251 e. The molecule has 3 heterocycles. The number of rotatable bonds is 9. The van der Waals surface area contributed by atoms with Gasteiger partial charge >= 0.3 is 0 Å². The van der Waals surface area contributed by atoms with Crippen molar-refractivity contribution in [3.05, 3.63) is 47.5 Å². The highest BCUT2D eigenvalue weighted by molar-refractivity contribution is 5.96. The summed E-state index contributed by atoms with van der Waals surface area (Å²) < 4.78 is 16.9. The van der Waals surface area contributed by atoms with Crippen LogP contribution in [0.25, 0.3) is 0 Å². The molecule has 2 aliphatic heterocycles. The lowest BCUT2D eigenvalue weighted by Gasteiger charge is -2.29. The third-order valence-corrected chi connectivity index (χ3v) is 5.69. The molecular weight excluding hydrogens is 436 g/mol. The Bertz CT molecular complexity index is 974. The van der Waals surface area contributed by atoms with Crippen molar-refractivity contribution in [2.75, 3.05) is 83.1 Å². The molecule has 2 aromatic rings. The lowest BCUT2D eigenvalue weighted by atomic mass is 10.1. The number of benzene rings is 1. The summed E-state index contributed by atoms with van der Waals surface area (Å²) in [7, 11) is 1.61. The maximum absolute atomic E-state index is 11.9. The molecule has 4 rings (SSSR count). The highest BCUT2D eigenvalue weighted by atomic mass is 16.5. The molecule has 10 nitrogen and oxygen atoms in total. The topological polar surface area (TPSA) is 101 Å².